The number of hydrogen-bond donors (Lipinski definition) is 1. The standard InChI is InChI=1S/C17H22BrNOS/c1-13(21-16-9-7-15(18)8-10-16)17(20)19-12-11-14-5-3-2-4-6-14/h5,7-10,13H,2-4,6,11-12H2,1H3,(H,19,20)/t13-/m1/s1. The van der Waals surface area contributed by atoms with Crippen LogP contribution in [0.25, 0.3) is 0 Å². The van der Waals surface area contributed by atoms with Crippen LogP contribution in [0.2, 0.25) is 0 Å². The first-order valence-electron chi connectivity index (χ1n) is 7.53. The number of halogens is 1. The topological polar surface area (TPSA) is 29.1 Å². The molecule has 1 N–H and O–H groups in total. The number of rotatable bonds is 6. The van der Waals surface area contributed by atoms with Crippen LogP contribution in [0.1, 0.15) is 39.0 Å². The lowest BCUT2D eigenvalue weighted by Crippen LogP contribution is -2.31. The minimum absolute atomic E-state index is 0.0634. The molecule has 0 saturated carbocycles. The van der Waals surface area contributed by atoms with Gasteiger partial charge in [-0.15, -0.1) is 11.8 Å². The summed E-state index contributed by atoms with van der Waals surface area (Å²) in [6.07, 6.45) is 8.38. The van der Waals surface area contributed by atoms with Crippen molar-refractivity contribution in [3.63, 3.8) is 0 Å². The van der Waals surface area contributed by atoms with Gasteiger partial charge in [-0.2, -0.15) is 0 Å². The van der Waals surface area contributed by atoms with Crippen molar-refractivity contribution in [2.45, 2.75) is 49.2 Å². The van der Waals surface area contributed by atoms with Crippen LogP contribution in [0, 0.1) is 0 Å². The lowest BCUT2D eigenvalue weighted by molar-refractivity contribution is -0.120. The summed E-state index contributed by atoms with van der Waals surface area (Å²) in [6.45, 7) is 2.72. The number of thioether (sulfide) groups is 1. The van der Waals surface area contributed by atoms with Gasteiger partial charge in [-0.1, -0.05) is 27.6 Å². The van der Waals surface area contributed by atoms with Gasteiger partial charge in [0.15, 0.2) is 0 Å². The number of nitrogens with one attached hydrogen (secondary N) is 1. The molecule has 0 aliphatic heterocycles. The molecule has 114 valence electrons. The smallest absolute Gasteiger partial charge is 0.233 e. The third kappa shape index (κ3) is 5.87. The number of hydrogen-bond acceptors (Lipinski definition) is 2. The molecule has 1 amide bonds. The Morgan fingerprint density at radius 1 is 1.33 bits per heavy atom. The zero-order valence-corrected chi connectivity index (χ0v) is 14.8. The first kappa shape index (κ1) is 16.6. The van der Waals surface area contributed by atoms with Crippen molar-refractivity contribution in [2.75, 3.05) is 6.54 Å². The minimum Gasteiger partial charge on any atom is -0.355 e. The predicted octanol–water partition coefficient (Wildman–Crippen LogP) is 4.94. The monoisotopic (exact) mass is 367 g/mol. The Balaban J connectivity index is 1.72. The second-order valence-corrected chi connectivity index (χ2v) is 7.69. The van der Waals surface area contributed by atoms with Crippen molar-refractivity contribution in [1.29, 1.82) is 0 Å². The van der Waals surface area contributed by atoms with Gasteiger partial charge in [0.1, 0.15) is 0 Å². The van der Waals surface area contributed by atoms with E-state index in [-0.39, 0.29) is 11.2 Å². The molecule has 21 heavy (non-hydrogen) atoms. The molecule has 1 aromatic rings. The quantitative estimate of drug-likeness (QED) is 0.569. The molecule has 0 aromatic heterocycles. The van der Waals surface area contributed by atoms with Crippen LogP contribution >= 0.6 is 27.7 Å². The van der Waals surface area contributed by atoms with Crippen molar-refractivity contribution in [1.82, 2.24) is 5.32 Å². The van der Waals surface area contributed by atoms with Gasteiger partial charge in [-0.25, -0.2) is 0 Å². The van der Waals surface area contributed by atoms with Gasteiger partial charge >= 0.3 is 0 Å². The Morgan fingerprint density at radius 2 is 2.10 bits per heavy atom. The summed E-state index contributed by atoms with van der Waals surface area (Å²) in [5.74, 6) is 0.124. The highest BCUT2D eigenvalue weighted by Crippen LogP contribution is 2.25. The maximum absolute atomic E-state index is 12.1. The Kier molecular flexibility index (Phi) is 6.84. The number of allylic oxidation sites excluding steroid dienone is 1. The fraction of sp³-hybridized carbons (Fsp3) is 0.471. The summed E-state index contributed by atoms with van der Waals surface area (Å²) in [7, 11) is 0. The molecule has 1 aromatic carbocycles. The van der Waals surface area contributed by atoms with Gasteiger partial charge in [0.25, 0.3) is 0 Å². The number of benzene rings is 1. The first-order valence-corrected chi connectivity index (χ1v) is 9.20. The molecule has 0 radical (unpaired) electrons. The van der Waals surface area contributed by atoms with Crippen LogP contribution in [0.3, 0.4) is 0 Å². The van der Waals surface area contributed by atoms with Crippen LogP contribution in [0.15, 0.2) is 45.3 Å². The van der Waals surface area contributed by atoms with Crippen molar-refractivity contribution in [2.24, 2.45) is 0 Å². The Morgan fingerprint density at radius 3 is 2.76 bits per heavy atom. The molecular weight excluding hydrogens is 346 g/mol. The zero-order valence-electron chi connectivity index (χ0n) is 12.4. The average Bonchev–Trinajstić information content (AvgIpc) is 2.50. The normalized spacial score (nSPS) is 16.2. The van der Waals surface area contributed by atoms with Crippen molar-refractivity contribution < 1.29 is 4.79 Å². The zero-order chi connectivity index (χ0) is 15.1. The molecule has 2 rings (SSSR count). The number of amides is 1. The molecule has 1 aliphatic rings. The molecule has 0 fully saturated rings. The van der Waals surface area contributed by atoms with E-state index >= 15 is 0 Å². The summed E-state index contributed by atoms with van der Waals surface area (Å²) < 4.78 is 1.06. The fourth-order valence-electron chi connectivity index (χ4n) is 2.39. The molecule has 1 aliphatic carbocycles. The van der Waals surface area contributed by atoms with Gasteiger partial charge in [-0.05, 0) is 63.3 Å². The summed E-state index contributed by atoms with van der Waals surface area (Å²) in [5, 5.41) is 2.99. The minimum atomic E-state index is -0.0634. The van der Waals surface area contributed by atoms with Gasteiger partial charge in [-0.3, -0.25) is 4.79 Å². The van der Waals surface area contributed by atoms with E-state index in [2.05, 4.69) is 27.3 Å². The second kappa shape index (κ2) is 8.64. The van der Waals surface area contributed by atoms with E-state index in [9.17, 15) is 4.79 Å². The third-order valence-electron chi connectivity index (χ3n) is 3.63. The van der Waals surface area contributed by atoms with E-state index in [1.54, 1.807) is 11.8 Å². The Hall–Kier alpha value is -0.740. The molecule has 0 unspecified atom stereocenters. The fourth-order valence-corrected chi connectivity index (χ4v) is 3.55. The lowest BCUT2D eigenvalue weighted by Gasteiger charge is -2.15. The van der Waals surface area contributed by atoms with Gasteiger partial charge in [0.05, 0.1) is 5.25 Å². The molecule has 2 nitrogen and oxygen atoms in total. The predicted molar refractivity (Wildman–Crippen MR) is 93.6 cm³/mol. The van der Waals surface area contributed by atoms with Crippen molar-refractivity contribution in [3.05, 3.63) is 40.4 Å². The summed E-state index contributed by atoms with van der Waals surface area (Å²) in [4.78, 5) is 13.2. The van der Waals surface area contributed by atoms with Gasteiger partial charge in [0, 0.05) is 15.9 Å². The first-order chi connectivity index (χ1) is 10.1. The number of carbonyl (C=O) groups is 1. The van der Waals surface area contributed by atoms with Crippen molar-refractivity contribution in [3.8, 4) is 0 Å². The van der Waals surface area contributed by atoms with Gasteiger partial charge < -0.3 is 5.32 Å². The third-order valence-corrected chi connectivity index (χ3v) is 5.27. The lowest BCUT2D eigenvalue weighted by atomic mass is 9.97. The van der Waals surface area contributed by atoms with E-state index in [0.29, 0.717) is 0 Å². The Labute approximate surface area is 139 Å². The summed E-state index contributed by atoms with van der Waals surface area (Å²) >= 11 is 5.02. The molecule has 4 heteroatoms. The van der Waals surface area contributed by atoms with E-state index in [0.717, 1.165) is 22.3 Å². The SMILES string of the molecule is C[C@@H](Sc1ccc(Br)cc1)C(=O)NCCC1=CCCCC1. The van der Waals surface area contributed by atoms with Crippen LogP contribution in [0.4, 0.5) is 0 Å². The van der Waals surface area contributed by atoms with E-state index < -0.39 is 0 Å². The molecule has 0 spiro atoms. The maximum Gasteiger partial charge on any atom is 0.233 e. The van der Waals surface area contributed by atoms with Crippen LogP contribution in [-0.4, -0.2) is 17.7 Å². The maximum atomic E-state index is 12.1. The highest BCUT2D eigenvalue weighted by molar-refractivity contribution is 9.10. The van der Waals surface area contributed by atoms with E-state index in [1.165, 1.54) is 31.3 Å². The van der Waals surface area contributed by atoms with Crippen LogP contribution < -0.4 is 5.32 Å². The summed E-state index contributed by atoms with van der Waals surface area (Å²) in [5.41, 5.74) is 1.51. The van der Waals surface area contributed by atoms with Crippen molar-refractivity contribution >= 4 is 33.6 Å². The molecule has 0 saturated heterocycles. The molecule has 0 heterocycles. The average molecular weight is 368 g/mol. The van der Waals surface area contributed by atoms with Crippen LogP contribution in [-0.2, 0) is 4.79 Å². The van der Waals surface area contributed by atoms with Crippen LogP contribution in [0.5, 0.6) is 0 Å². The van der Waals surface area contributed by atoms with Gasteiger partial charge in [0.2, 0.25) is 5.91 Å². The molecule has 0 bridgehead atoms. The highest BCUT2D eigenvalue weighted by Gasteiger charge is 2.14. The number of carbonyl (C=O) groups excluding carboxylic acids is 1. The molecule has 1 atom stereocenters. The van der Waals surface area contributed by atoms with E-state index in [1.807, 2.05) is 31.2 Å². The summed E-state index contributed by atoms with van der Waals surface area (Å²) in [6, 6.07) is 8.07. The largest absolute Gasteiger partial charge is 0.355 e. The Bertz CT molecular complexity index is 498. The highest BCUT2D eigenvalue weighted by atomic mass is 79.9. The molecular formula is C17H22BrNOS. The van der Waals surface area contributed by atoms with E-state index in [4.69, 9.17) is 0 Å². The second-order valence-electron chi connectivity index (χ2n) is 5.36.